The molecule has 4 aromatic rings. The zero-order chi connectivity index (χ0) is 21.8. The molecule has 0 atom stereocenters. The SMILES string of the molecule is O=C(NCc1ccco1)c1cc2ccccc2oc1=Nc1cccc(OC(F)(F)F)c1. The van der Waals surface area contributed by atoms with Crippen molar-refractivity contribution in [3.63, 3.8) is 0 Å². The van der Waals surface area contributed by atoms with Gasteiger partial charge in [-0.1, -0.05) is 24.3 Å². The molecule has 158 valence electrons. The molecule has 0 fully saturated rings. The fourth-order valence-corrected chi connectivity index (χ4v) is 2.86. The number of ether oxygens (including phenoxy) is 1. The standard InChI is InChI=1S/C22H15F3N2O4/c23-22(24,25)31-16-7-3-6-15(12-16)27-21-18(11-14-5-1-2-9-19(14)30-21)20(28)26-13-17-8-4-10-29-17/h1-12H,13H2,(H,26,28). The van der Waals surface area contributed by atoms with Gasteiger partial charge in [-0.3, -0.25) is 4.79 Å². The van der Waals surface area contributed by atoms with E-state index < -0.39 is 18.0 Å². The van der Waals surface area contributed by atoms with Crippen molar-refractivity contribution in [2.45, 2.75) is 12.9 Å². The second kappa shape index (κ2) is 8.39. The van der Waals surface area contributed by atoms with E-state index in [0.717, 1.165) is 12.1 Å². The van der Waals surface area contributed by atoms with Crippen LogP contribution in [-0.2, 0) is 6.54 Å². The van der Waals surface area contributed by atoms with E-state index in [-0.39, 0.29) is 23.3 Å². The third kappa shape index (κ3) is 5.13. The molecule has 9 heteroatoms. The number of halogens is 3. The number of carbonyl (C=O) groups is 1. The number of nitrogens with zero attached hydrogens (tertiary/aromatic N) is 1. The molecule has 0 bridgehead atoms. The molecule has 1 amide bonds. The number of furan rings is 1. The van der Waals surface area contributed by atoms with Crippen LogP contribution in [0.4, 0.5) is 18.9 Å². The molecule has 0 aliphatic heterocycles. The van der Waals surface area contributed by atoms with Crippen LogP contribution in [0.15, 0.2) is 86.8 Å². The minimum atomic E-state index is -4.83. The summed E-state index contributed by atoms with van der Waals surface area (Å²) in [6.07, 6.45) is -3.34. The quantitative estimate of drug-likeness (QED) is 0.481. The molecule has 0 spiro atoms. The van der Waals surface area contributed by atoms with Crippen LogP contribution in [0.25, 0.3) is 11.0 Å². The highest BCUT2D eigenvalue weighted by Gasteiger charge is 2.31. The summed E-state index contributed by atoms with van der Waals surface area (Å²) in [5.41, 5.74) is 0.652. The number of alkyl halides is 3. The number of nitrogens with one attached hydrogen (secondary N) is 1. The number of carbonyl (C=O) groups excluding carboxylic acids is 1. The molecule has 0 radical (unpaired) electrons. The van der Waals surface area contributed by atoms with Crippen molar-refractivity contribution in [2.75, 3.05) is 0 Å². The van der Waals surface area contributed by atoms with E-state index in [0.29, 0.717) is 16.7 Å². The Balaban J connectivity index is 1.74. The molecule has 0 aliphatic carbocycles. The van der Waals surface area contributed by atoms with Gasteiger partial charge in [-0.15, -0.1) is 13.2 Å². The van der Waals surface area contributed by atoms with Gasteiger partial charge in [0.15, 0.2) is 0 Å². The molecule has 31 heavy (non-hydrogen) atoms. The molecular weight excluding hydrogens is 413 g/mol. The Bertz CT molecular complexity index is 1280. The van der Waals surface area contributed by atoms with Crippen molar-refractivity contribution in [1.82, 2.24) is 5.32 Å². The number of rotatable bonds is 5. The fraction of sp³-hybridized carbons (Fsp3) is 0.0909. The van der Waals surface area contributed by atoms with E-state index in [2.05, 4.69) is 15.0 Å². The average Bonchev–Trinajstić information content (AvgIpc) is 3.24. The maximum atomic E-state index is 12.8. The highest BCUT2D eigenvalue weighted by Crippen LogP contribution is 2.26. The van der Waals surface area contributed by atoms with Gasteiger partial charge in [0.25, 0.3) is 5.91 Å². The van der Waals surface area contributed by atoms with Crippen molar-refractivity contribution in [1.29, 1.82) is 0 Å². The van der Waals surface area contributed by atoms with Crippen molar-refractivity contribution in [3.8, 4) is 5.75 Å². The van der Waals surface area contributed by atoms with Gasteiger partial charge in [0.05, 0.1) is 18.5 Å². The van der Waals surface area contributed by atoms with Crippen LogP contribution in [0.2, 0.25) is 0 Å². The van der Waals surface area contributed by atoms with Gasteiger partial charge in [0.1, 0.15) is 22.7 Å². The summed E-state index contributed by atoms with van der Waals surface area (Å²) in [4.78, 5) is 17.1. The van der Waals surface area contributed by atoms with E-state index in [1.807, 2.05) is 0 Å². The topological polar surface area (TPSA) is 77.0 Å². The molecule has 4 rings (SSSR count). The normalized spacial score (nSPS) is 12.2. The van der Waals surface area contributed by atoms with Crippen LogP contribution in [0, 0.1) is 0 Å². The number of fused-ring (bicyclic) bond motifs is 1. The smallest absolute Gasteiger partial charge is 0.467 e. The first-order chi connectivity index (χ1) is 14.9. The first-order valence-electron chi connectivity index (χ1n) is 9.11. The number of hydrogen-bond acceptors (Lipinski definition) is 5. The predicted molar refractivity (Wildman–Crippen MR) is 104 cm³/mol. The fourth-order valence-electron chi connectivity index (χ4n) is 2.86. The Kier molecular flexibility index (Phi) is 5.48. The van der Waals surface area contributed by atoms with Crippen LogP contribution >= 0.6 is 0 Å². The van der Waals surface area contributed by atoms with Crippen molar-refractivity contribution < 1.29 is 31.5 Å². The minimum Gasteiger partial charge on any atom is -0.467 e. The summed E-state index contributed by atoms with van der Waals surface area (Å²) < 4.78 is 52.5. The van der Waals surface area contributed by atoms with Gasteiger partial charge in [0, 0.05) is 11.5 Å². The molecule has 0 saturated carbocycles. The third-order valence-corrected chi connectivity index (χ3v) is 4.19. The van der Waals surface area contributed by atoms with Gasteiger partial charge in [-0.25, -0.2) is 4.99 Å². The Morgan fingerprint density at radius 1 is 1.03 bits per heavy atom. The molecule has 2 aromatic carbocycles. The molecule has 0 aliphatic rings. The molecule has 2 aromatic heterocycles. The average molecular weight is 428 g/mol. The number of benzene rings is 2. The largest absolute Gasteiger partial charge is 0.573 e. The zero-order valence-electron chi connectivity index (χ0n) is 15.8. The molecule has 1 N–H and O–H groups in total. The monoisotopic (exact) mass is 428 g/mol. The van der Waals surface area contributed by atoms with Crippen LogP contribution in [-0.4, -0.2) is 12.3 Å². The number of hydrogen-bond donors (Lipinski definition) is 1. The van der Waals surface area contributed by atoms with E-state index >= 15 is 0 Å². The van der Waals surface area contributed by atoms with E-state index in [9.17, 15) is 18.0 Å². The number of para-hydroxylation sites is 1. The van der Waals surface area contributed by atoms with Crippen LogP contribution in [0.1, 0.15) is 16.1 Å². The van der Waals surface area contributed by atoms with Crippen LogP contribution < -0.4 is 15.6 Å². The van der Waals surface area contributed by atoms with Crippen molar-refractivity contribution in [3.05, 3.63) is 89.9 Å². The summed E-state index contributed by atoms with van der Waals surface area (Å²) in [6.45, 7) is 0.146. The highest BCUT2D eigenvalue weighted by atomic mass is 19.4. The maximum absolute atomic E-state index is 12.8. The summed E-state index contributed by atoms with van der Waals surface area (Å²) in [5.74, 6) is -0.354. The first-order valence-corrected chi connectivity index (χ1v) is 9.11. The Morgan fingerprint density at radius 2 is 1.87 bits per heavy atom. The summed E-state index contributed by atoms with van der Waals surface area (Å²) >= 11 is 0. The molecule has 6 nitrogen and oxygen atoms in total. The lowest BCUT2D eigenvalue weighted by atomic mass is 10.1. The lowest BCUT2D eigenvalue weighted by molar-refractivity contribution is -0.274. The maximum Gasteiger partial charge on any atom is 0.573 e. The third-order valence-electron chi connectivity index (χ3n) is 4.19. The second-order valence-corrected chi connectivity index (χ2v) is 6.42. The summed E-state index contributed by atoms with van der Waals surface area (Å²) in [7, 11) is 0. The van der Waals surface area contributed by atoms with Crippen molar-refractivity contribution >= 4 is 22.6 Å². The van der Waals surface area contributed by atoms with E-state index in [1.54, 1.807) is 42.5 Å². The molecule has 0 saturated heterocycles. The number of amides is 1. The highest BCUT2D eigenvalue weighted by molar-refractivity contribution is 5.96. The molecule has 0 unspecified atom stereocenters. The van der Waals surface area contributed by atoms with Gasteiger partial charge < -0.3 is 18.9 Å². The van der Waals surface area contributed by atoms with E-state index in [1.165, 1.54) is 18.4 Å². The minimum absolute atomic E-state index is 0.0557. The Labute approximate surface area is 173 Å². The predicted octanol–water partition coefficient (Wildman–Crippen LogP) is 5.09. The molecule has 2 heterocycles. The zero-order valence-corrected chi connectivity index (χ0v) is 15.8. The summed E-state index contributed by atoms with van der Waals surface area (Å²) in [6, 6.07) is 17.1. The van der Waals surface area contributed by atoms with E-state index in [4.69, 9.17) is 8.83 Å². The second-order valence-electron chi connectivity index (χ2n) is 6.42. The molecular formula is C22H15F3N2O4. The van der Waals surface area contributed by atoms with Gasteiger partial charge in [-0.2, -0.15) is 0 Å². The lowest BCUT2D eigenvalue weighted by Gasteiger charge is -2.09. The van der Waals surface area contributed by atoms with Crippen molar-refractivity contribution in [2.24, 2.45) is 4.99 Å². The summed E-state index contributed by atoms with van der Waals surface area (Å²) in [5, 5.41) is 3.37. The van der Waals surface area contributed by atoms with Crippen LogP contribution in [0.5, 0.6) is 5.75 Å². The van der Waals surface area contributed by atoms with Gasteiger partial charge in [0.2, 0.25) is 5.55 Å². The van der Waals surface area contributed by atoms with Crippen LogP contribution in [0.3, 0.4) is 0 Å². The Hall–Kier alpha value is -4.01. The lowest BCUT2D eigenvalue weighted by Crippen LogP contribution is -2.28. The first kappa shape index (κ1) is 20.3. The van der Waals surface area contributed by atoms with Gasteiger partial charge in [-0.05, 0) is 36.4 Å². The Morgan fingerprint density at radius 3 is 2.65 bits per heavy atom. The van der Waals surface area contributed by atoms with Gasteiger partial charge >= 0.3 is 6.36 Å².